The third-order valence-corrected chi connectivity index (χ3v) is 4.20. The first-order valence-electron chi connectivity index (χ1n) is 7.42. The lowest BCUT2D eigenvalue weighted by Crippen LogP contribution is -2.37. The van der Waals surface area contributed by atoms with Crippen molar-refractivity contribution in [2.45, 2.75) is 38.6 Å². The van der Waals surface area contributed by atoms with Crippen molar-refractivity contribution in [1.29, 1.82) is 0 Å². The number of nitrogens with zero attached hydrogens (tertiary/aromatic N) is 1. The number of rotatable bonds is 5. The van der Waals surface area contributed by atoms with Crippen LogP contribution in [0.15, 0.2) is 18.2 Å². The number of hydrogen-bond acceptors (Lipinski definition) is 3. The number of nitrogens with two attached hydrogens (primary N) is 1. The second-order valence-corrected chi connectivity index (χ2v) is 5.75. The number of nitrogen functional groups attached to an aromatic ring is 1. The summed E-state index contributed by atoms with van der Waals surface area (Å²) in [5.41, 5.74) is 8.00. The minimum absolute atomic E-state index is 0. The maximum Gasteiger partial charge on any atom is 0.251 e. The molecule has 2 rings (SSSR count). The summed E-state index contributed by atoms with van der Waals surface area (Å²) in [6, 6.07) is 6.14. The number of likely N-dealkylation sites (N-methyl/N-ethyl adjacent to an activating group) is 1. The van der Waals surface area contributed by atoms with E-state index >= 15 is 0 Å². The predicted octanol–water partition coefficient (Wildman–Crippen LogP) is 3.03. The molecule has 1 saturated carbocycles. The predicted molar refractivity (Wildman–Crippen MR) is 97.3 cm³/mol. The molecule has 1 aromatic carbocycles. The number of hydrogen-bond donors (Lipinski definition) is 2. The summed E-state index contributed by atoms with van der Waals surface area (Å²) in [6.45, 7) is 3.51. The van der Waals surface area contributed by atoms with Crippen molar-refractivity contribution in [2.24, 2.45) is 0 Å². The molecule has 0 bridgehead atoms. The van der Waals surface area contributed by atoms with E-state index < -0.39 is 0 Å². The summed E-state index contributed by atoms with van der Waals surface area (Å²) in [5, 5.41) is 2.99. The molecule has 0 aliphatic heterocycles. The van der Waals surface area contributed by atoms with Gasteiger partial charge in [0.25, 0.3) is 5.91 Å². The lowest BCUT2D eigenvalue weighted by atomic mass is 10.1. The van der Waals surface area contributed by atoms with Gasteiger partial charge in [0.15, 0.2) is 0 Å². The number of nitrogens with one attached hydrogen (secondary N) is 1. The van der Waals surface area contributed by atoms with Gasteiger partial charge in [-0.3, -0.25) is 4.79 Å². The number of anilines is 1. The summed E-state index contributed by atoms with van der Waals surface area (Å²) >= 11 is 0. The average molecular weight is 348 g/mol. The Hall–Kier alpha value is -0.970. The van der Waals surface area contributed by atoms with E-state index in [1.807, 2.05) is 19.1 Å². The van der Waals surface area contributed by atoms with Crippen LogP contribution in [0.3, 0.4) is 0 Å². The quantitative estimate of drug-likeness (QED) is 0.804. The molecular weight excluding hydrogens is 321 g/mol. The van der Waals surface area contributed by atoms with Crippen LogP contribution in [0, 0.1) is 6.92 Å². The Balaban J connectivity index is 0.00000220. The van der Waals surface area contributed by atoms with Crippen molar-refractivity contribution in [3.05, 3.63) is 29.3 Å². The van der Waals surface area contributed by atoms with Gasteiger partial charge in [0.05, 0.1) is 0 Å². The molecule has 1 aromatic rings. The van der Waals surface area contributed by atoms with Crippen molar-refractivity contribution in [1.82, 2.24) is 10.2 Å². The van der Waals surface area contributed by atoms with E-state index in [4.69, 9.17) is 5.73 Å². The molecule has 0 aromatic heterocycles. The number of halogens is 2. The molecule has 1 amide bonds. The highest BCUT2D eigenvalue weighted by Crippen LogP contribution is 2.21. The first-order valence-corrected chi connectivity index (χ1v) is 7.42. The van der Waals surface area contributed by atoms with Crippen LogP contribution < -0.4 is 11.1 Å². The van der Waals surface area contributed by atoms with E-state index in [9.17, 15) is 4.79 Å². The Labute approximate surface area is 145 Å². The van der Waals surface area contributed by atoms with Crippen LogP contribution in [0.5, 0.6) is 0 Å². The van der Waals surface area contributed by atoms with E-state index in [0.29, 0.717) is 23.8 Å². The molecule has 0 saturated heterocycles. The zero-order valence-electron chi connectivity index (χ0n) is 13.3. The summed E-state index contributed by atoms with van der Waals surface area (Å²) in [6.07, 6.45) is 5.26. The highest BCUT2D eigenvalue weighted by molar-refractivity contribution is 5.96. The third kappa shape index (κ3) is 5.67. The molecule has 22 heavy (non-hydrogen) atoms. The molecule has 4 nitrogen and oxygen atoms in total. The minimum atomic E-state index is -0.0328. The summed E-state index contributed by atoms with van der Waals surface area (Å²) < 4.78 is 0. The highest BCUT2D eigenvalue weighted by Gasteiger charge is 2.19. The van der Waals surface area contributed by atoms with Gasteiger partial charge in [0.1, 0.15) is 0 Å². The normalized spacial score (nSPS) is 14.3. The average Bonchev–Trinajstić information content (AvgIpc) is 2.95. The SMILES string of the molecule is Cc1ccc(N)cc1C(=O)NCCN(C)C1CCCC1.Cl.Cl. The van der Waals surface area contributed by atoms with Crippen molar-refractivity contribution in [3.63, 3.8) is 0 Å². The number of amides is 1. The van der Waals surface area contributed by atoms with Crippen LogP contribution in [0.1, 0.15) is 41.6 Å². The lowest BCUT2D eigenvalue weighted by molar-refractivity contribution is 0.0946. The molecule has 0 unspecified atom stereocenters. The largest absolute Gasteiger partial charge is 0.399 e. The fourth-order valence-electron chi connectivity index (χ4n) is 2.85. The monoisotopic (exact) mass is 347 g/mol. The van der Waals surface area contributed by atoms with Crippen molar-refractivity contribution >= 4 is 36.4 Å². The second-order valence-electron chi connectivity index (χ2n) is 5.75. The number of carbonyl (C=O) groups is 1. The Morgan fingerprint density at radius 3 is 2.59 bits per heavy atom. The molecule has 1 aliphatic rings. The van der Waals surface area contributed by atoms with E-state index in [-0.39, 0.29) is 30.7 Å². The zero-order chi connectivity index (χ0) is 14.5. The molecule has 0 radical (unpaired) electrons. The molecule has 3 N–H and O–H groups in total. The van der Waals surface area contributed by atoms with Crippen molar-refractivity contribution in [3.8, 4) is 0 Å². The van der Waals surface area contributed by atoms with E-state index in [1.165, 1.54) is 25.7 Å². The Morgan fingerprint density at radius 1 is 1.32 bits per heavy atom. The molecular formula is C16H27Cl2N3O. The molecule has 0 spiro atoms. The van der Waals surface area contributed by atoms with Gasteiger partial charge < -0.3 is 16.0 Å². The number of carbonyl (C=O) groups excluding carboxylic acids is 1. The molecule has 1 aliphatic carbocycles. The first kappa shape index (κ1) is 21.0. The van der Waals surface area contributed by atoms with Gasteiger partial charge in [0, 0.05) is 30.4 Å². The first-order chi connectivity index (χ1) is 9.58. The number of aryl methyl sites for hydroxylation is 1. The van der Waals surface area contributed by atoms with E-state index in [1.54, 1.807) is 6.07 Å². The molecule has 1 fully saturated rings. The standard InChI is InChI=1S/C16H25N3O.2ClH/c1-12-7-8-13(17)11-15(12)16(20)18-9-10-19(2)14-5-3-4-6-14;;/h7-8,11,14H,3-6,9-10,17H2,1-2H3,(H,18,20);2*1H. The Morgan fingerprint density at radius 2 is 1.95 bits per heavy atom. The highest BCUT2D eigenvalue weighted by atomic mass is 35.5. The van der Waals surface area contributed by atoms with E-state index in [0.717, 1.165) is 12.1 Å². The smallest absolute Gasteiger partial charge is 0.251 e. The fraction of sp³-hybridized carbons (Fsp3) is 0.562. The van der Waals surface area contributed by atoms with Crippen molar-refractivity contribution in [2.75, 3.05) is 25.9 Å². The molecule has 0 heterocycles. The minimum Gasteiger partial charge on any atom is -0.399 e. The summed E-state index contributed by atoms with van der Waals surface area (Å²) in [7, 11) is 2.15. The zero-order valence-corrected chi connectivity index (χ0v) is 14.9. The number of benzene rings is 1. The Kier molecular flexibility index (Phi) is 9.49. The van der Waals surface area contributed by atoms with Crippen molar-refractivity contribution < 1.29 is 4.79 Å². The van der Waals surface area contributed by atoms with Crippen LogP contribution in [-0.4, -0.2) is 37.0 Å². The third-order valence-electron chi connectivity index (χ3n) is 4.20. The molecule has 126 valence electrons. The Bertz CT molecular complexity index is 476. The maximum atomic E-state index is 12.1. The van der Waals surface area contributed by atoms with Gasteiger partial charge in [-0.15, -0.1) is 24.8 Å². The maximum absolute atomic E-state index is 12.1. The topological polar surface area (TPSA) is 58.4 Å². The van der Waals surface area contributed by atoms with Gasteiger partial charge in [-0.2, -0.15) is 0 Å². The van der Waals surface area contributed by atoms with Crippen LogP contribution in [-0.2, 0) is 0 Å². The summed E-state index contributed by atoms with van der Waals surface area (Å²) in [4.78, 5) is 14.5. The van der Waals surface area contributed by atoms with Crippen LogP contribution in [0.2, 0.25) is 0 Å². The van der Waals surface area contributed by atoms with Gasteiger partial charge in [-0.25, -0.2) is 0 Å². The van der Waals surface area contributed by atoms with Gasteiger partial charge in [0.2, 0.25) is 0 Å². The van der Waals surface area contributed by atoms with Crippen LogP contribution in [0.25, 0.3) is 0 Å². The lowest BCUT2D eigenvalue weighted by Gasteiger charge is -2.24. The second kappa shape index (κ2) is 9.93. The van der Waals surface area contributed by atoms with Gasteiger partial charge >= 0.3 is 0 Å². The molecule has 6 heteroatoms. The van der Waals surface area contributed by atoms with Crippen LogP contribution >= 0.6 is 24.8 Å². The van der Waals surface area contributed by atoms with Gasteiger partial charge in [-0.05, 0) is 44.5 Å². The van der Waals surface area contributed by atoms with Gasteiger partial charge in [-0.1, -0.05) is 18.9 Å². The fourth-order valence-corrected chi connectivity index (χ4v) is 2.85. The van der Waals surface area contributed by atoms with Crippen LogP contribution in [0.4, 0.5) is 5.69 Å². The molecule has 0 atom stereocenters. The van der Waals surface area contributed by atoms with E-state index in [2.05, 4.69) is 17.3 Å². The summed E-state index contributed by atoms with van der Waals surface area (Å²) in [5.74, 6) is -0.0328.